The molecule has 0 spiro atoms. The molecule has 3 rings (SSSR count). The summed E-state index contributed by atoms with van der Waals surface area (Å²) >= 11 is 0. The minimum absolute atomic E-state index is 0.339. The number of aryl methyl sites for hydroxylation is 1. The maximum atomic E-state index is 11.9. The highest BCUT2D eigenvalue weighted by molar-refractivity contribution is 6.62. The van der Waals surface area contributed by atoms with Crippen molar-refractivity contribution >= 4 is 29.6 Å². The molecule has 0 atom stereocenters. The highest BCUT2D eigenvalue weighted by atomic mass is 16.7. The van der Waals surface area contributed by atoms with E-state index in [1.54, 1.807) is 0 Å². The summed E-state index contributed by atoms with van der Waals surface area (Å²) in [5.74, 6) is -0.339. The molecule has 0 amide bonds. The van der Waals surface area contributed by atoms with Gasteiger partial charge in [0.2, 0.25) is 0 Å². The number of carbonyl (C=O) groups excluding carboxylic acids is 1. The van der Waals surface area contributed by atoms with Gasteiger partial charge in [0.05, 0.1) is 23.9 Å². The fourth-order valence-electron chi connectivity index (χ4n) is 3.66. The third kappa shape index (κ3) is 7.10. The average Bonchev–Trinajstić information content (AvgIpc) is 3.26. The van der Waals surface area contributed by atoms with Gasteiger partial charge in [0.1, 0.15) is 0 Å². The van der Waals surface area contributed by atoms with Crippen LogP contribution in [0.4, 0.5) is 0 Å². The molecule has 33 heavy (non-hydrogen) atoms. The standard InChI is InChI=1S/C20H28BNO4.C5H12.C2H6/c1-7-8-9-15-14-11-10-13(18(23)24-6)12-16(14)22-17(15)21-25-19(2,3)20(4,5)26-21;1-3-5-4-2;1-2/h10-12,22H,7-9H2,1-6H3;3-5H2,1-2H3;1-2H3. The molecule has 5 nitrogen and oxygen atoms in total. The van der Waals surface area contributed by atoms with Gasteiger partial charge >= 0.3 is 13.1 Å². The van der Waals surface area contributed by atoms with Crippen LogP contribution < -0.4 is 5.59 Å². The fraction of sp³-hybridized carbons (Fsp3) is 0.667. The maximum absolute atomic E-state index is 11.9. The number of aromatic amines is 1. The van der Waals surface area contributed by atoms with E-state index in [2.05, 4.69) is 53.5 Å². The van der Waals surface area contributed by atoms with Crippen LogP contribution >= 0.6 is 0 Å². The number of hydrogen-bond acceptors (Lipinski definition) is 4. The van der Waals surface area contributed by atoms with Gasteiger partial charge in [-0.25, -0.2) is 4.79 Å². The third-order valence-electron chi connectivity index (χ3n) is 6.34. The summed E-state index contributed by atoms with van der Waals surface area (Å²) < 4.78 is 17.3. The quantitative estimate of drug-likeness (QED) is 0.365. The second-order valence-corrected chi connectivity index (χ2v) is 9.31. The van der Waals surface area contributed by atoms with Crippen LogP contribution in [0.5, 0.6) is 0 Å². The van der Waals surface area contributed by atoms with Gasteiger partial charge in [0, 0.05) is 16.5 Å². The molecular weight excluding hydrogens is 413 g/mol. The molecule has 6 heteroatoms. The van der Waals surface area contributed by atoms with E-state index in [1.807, 2.05) is 32.0 Å². The molecule has 1 aliphatic rings. The van der Waals surface area contributed by atoms with Crippen molar-refractivity contribution in [1.29, 1.82) is 0 Å². The Morgan fingerprint density at radius 1 is 0.970 bits per heavy atom. The number of nitrogens with one attached hydrogen (secondary N) is 1. The first-order valence-corrected chi connectivity index (χ1v) is 12.7. The van der Waals surface area contributed by atoms with Crippen molar-refractivity contribution in [3.63, 3.8) is 0 Å². The summed E-state index contributed by atoms with van der Waals surface area (Å²) in [5.41, 5.74) is 2.81. The Balaban J connectivity index is 0.000000689. The zero-order valence-electron chi connectivity index (χ0n) is 22.7. The molecule has 0 aliphatic carbocycles. The van der Waals surface area contributed by atoms with Gasteiger partial charge < -0.3 is 19.0 Å². The molecule has 1 aliphatic heterocycles. The maximum Gasteiger partial charge on any atom is 0.512 e. The number of methoxy groups -OCH3 is 1. The van der Waals surface area contributed by atoms with E-state index in [0.717, 1.165) is 35.8 Å². The molecule has 1 saturated heterocycles. The summed E-state index contributed by atoms with van der Waals surface area (Å²) in [6, 6.07) is 5.63. The number of rotatable bonds is 7. The number of ether oxygens (including phenoxy) is 1. The second-order valence-electron chi connectivity index (χ2n) is 9.31. The van der Waals surface area contributed by atoms with Crippen molar-refractivity contribution < 1.29 is 18.8 Å². The number of benzene rings is 1. The van der Waals surface area contributed by atoms with E-state index in [0.29, 0.717) is 5.56 Å². The van der Waals surface area contributed by atoms with Crippen molar-refractivity contribution in [3.8, 4) is 0 Å². The summed E-state index contributed by atoms with van der Waals surface area (Å²) in [4.78, 5) is 15.3. The Morgan fingerprint density at radius 3 is 1.97 bits per heavy atom. The van der Waals surface area contributed by atoms with E-state index in [4.69, 9.17) is 14.0 Å². The molecule has 1 fully saturated rings. The van der Waals surface area contributed by atoms with Gasteiger partial charge in [0.15, 0.2) is 0 Å². The predicted molar refractivity (Wildman–Crippen MR) is 141 cm³/mol. The lowest BCUT2D eigenvalue weighted by molar-refractivity contribution is 0.00578. The smallest absolute Gasteiger partial charge is 0.465 e. The van der Waals surface area contributed by atoms with Gasteiger partial charge in [-0.3, -0.25) is 0 Å². The van der Waals surface area contributed by atoms with Crippen molar-refractivity contribution in [2.24, 2.45) is 0 Å². The number of esters is 1. The average molecular weight is 459 g/mol. The van der Waals surface area contributed by atoms with Crippen molar-refractivity contribution in [1.82, 2.24) is 4.98 Å². The normalized spacial score (nSPS) is 16.0. The molecule has 1 aromatic heterocycles. The number of unbranched alkanes of at least 4 members (excludes halogenated alkanes) is 3. The summed E-state index contributed by atoms with van der Waals surface area (Å²) in [6.07, 6.45) is 7.20. The molecule has 0 unspecified atom stereocenters. The van der Waals surface area contributed by atoms with E-state index in [-0.39, 0.29) is 5.97 Å². The van der Waals surface area contributed by atoms with Crippen LogP contribution in [0.25, 0.3) is 10.9 Å². The van der Waals surface area contributed by atoms with Crippen molar-refractivity contribution in [2.75, 3.05) is 7.11 Å². The summed E-state index contributed by atoms with van der Waals surface area (Å²) in [7, 11) is 0.949. The molecule has 1 aromatic carbocycles. The van der Waals surface area contributed by atoms with Gasteiger partial charge in [-0.05, 0) is 58.2 Å². The number of fused-ring (bicyclic) bond motifs is 1. The lowest BCUT2D eigenvalue weighted by atomic mass is 9.80. The van der Waals surface area contributed by atoms with Gasteiger partial charge in [0.25, 0.3) is 0 Å². The van der Waals surface area contributed by atoms with Gasteiger partial charge in [-0.15, -0.1) is 0 Å². The summed E-state index contributed by atoms with van der Waals surface area (Å²) in [6.45, 7) is 18.8. The number of carbonyl (C=O) groups is 1. The first kappa shape index (κ1) is 29.2. The Morgan fingerprint density at radius 2 is 1.52 bits per heavy atom. The Hall–Kier alpha value is -1.79. The Labute approximate surface area is 202 Å². The zero-order chi connectivity index (χ0) is 25.2. The van der Waals surface area contributed by atoms with Crippen LogP contribution in [0.15, 0.2) is 18.2 Å². The first-order chi connectivity index (χ1) is 15.6. The molecule has 2 heterocycles. The topological polar surface area (TPSA) is 60.5 Å². The van der Waals surface area contributed by atoms with E-state index in [9.17, 15) is 4.79 Å². The minimum Gasteiger partial charge on any atom is -0.465 e. The van der Waals surface area contributed by atoms with Crippen LogP contribution in [0.3, 0.4) is 0 Å². The highest BCUT2D eigenvalue weighted by Crippen LogP contribution is 2.37. The van der Waals surface area contributed by atoms with Crippen LogP contribution in [-0.2, 0) is 20.5 Å². The largest absolute Gasteiger partial charge is 0.512 e. The van der Waals surface area contributed by atoms with E-state index in [1.165, 1.54) is 31.9 Å². The molecular formula is C27H46BNO4. The first-order valence-electron chi connectivity index (χ1n) is 12.7. The fourth-order valence-corrected chi connectivity index (χ4v) is 3.66. The van der Waals surface area contributed by atoms with Crippen LogP contribution in [0.1, 0.15) is 110 Å². The van der Waals surface area contributed by atoms with Gasteiger partial charge in [-0.1, -0.05) is 66.4 Å². The monoisotopic (exact) mass is 459 g/mol. The third-order valence-corrected chi connectivity index (χ3v) is 6.34. The van der Waals surface area contributed by atoms with Crippen LogP contribution in [0.2, 0.25) is 0 Å². The predicted octanol–water partition coefficient (Wildman–Crippen LogP) is 6.82. The highest BCUT2D eigenvalue weighted by Gasteiger charge is 2.52. The van der Waals surface area contributed by atoms with E-state index < -0.39 is 18.3 Å². The van der Waals surface area contributed by atoms with Crippen molar-refractivity contribution in [2.45, 2.75) is 112 Å². The number of H-pyrrole nitrogens is 1. The van der Waals surface area contributed by atoms with Crippen molar-refractivity contribution in [3.05, 3.63) is 29.3 Å². The Kier molecular flexibility index (Phi) is 11.7. The van der Waals surface area contributed by atoms with Crippen LogP contribution in [-0.4, -0.2) is 36.4 Å². The number of aromatic nitrogens is 1. The molecule has 1 N–H and O–H groups in total. The van der Waals surface area contributed by atoms with Crippen LogP contribution in [0, 0.1) is 0 Å². The minimum atomic E-state index is -0.444. The Bertz CT molecular complexity index is 854. The molecule has 0 radical (unpaired) electrons. The molecule has 2 aromatic rings. The molecule has 186 valence electrons. The summed E-state index contributed by atoms with van der Waals surface area (Å²) in [5, 5.41) is 1.11. The zero-order valence-corrected chi connectivity index (χ0v) is 22.7. The second kappa shape index (κ2) is 13.2. The van der Waals surface area contributed by atoms with Gasteiger partial charge in [-0.2, -0.15) is 0 Å². The lowest BCUT2D eigenvalue weighted by Crippen LogP contribution is -2.41. The molecule has 0 saturated carbocycles. The molecule has 0 bridgehead atoms. The number of hydrogen-bond donors (Lipinski definition) is 1. The van der Waals surface area contributed by atoms with E-state index >= 15 is 0 Å². The lowest BCUT2D eigenvalue weighted by Gasteiger charge is -2.32. The SMILES string of the molecule is CC.CCCCC.CCCCc1c(B2OC(C)(C)C(C)(C)O2)[nH]c2cc(C(=O)OC)ccc12.